The second-order valence-electron chi connectivity index (χ2n) is 7.23. The number of aryl methyl sites for hydroxylation is 4. The van der Waals surface area contributed by atoms with Gasteiger partial charge < -0.3 is 4.74 Å². The monoisotopic (exact) mass is 383 g/mol. The summed E-state index contributed by atoms with van der Waals surface area (Å²) in [6.45, 7) is 8.08. The smallest absolute Gasteiger partial charge is 0.336 e. The van der Waals surface area contributed by atoms with Gasteiger partial charge in [-0.3, -0.25) is 4.99 Å². The van der Waals surface area contributed by atoms with E-state index >= 15 is 0 Å². The predicted molar refractivity (Wildman–Crippen MR) is 120 cm³/mol. The zero-order chi connectivity index (χ0) is 20.8. The van der Waals surface area contributed by atoms with Gasteiger partial charge in [-0.05, 0) is 74.2 Å². The minimum absolute atomic E-state index is 0.403. The average Bonchev–Trinajstić information content (AvgIpc) is 2.68. The highest BCUT2D eigenvalue weighted by Crippen LogP contribution is 2.24. The molecule has 0 atom stereocenters. The van der Waals surface area contributed by atoms with Crippen LogP contribution < -0.4 is 4.74 Å². The Labute approximate surface area is 172 Å². The van der Waals surface area contributed by atoms with E-state index in [0.717, 1.165) is 27.9 Å². The number of hydrogen-bond acceptors (Lipinski definition) is 3. The third-order valence-corrected chi connectivity index (χ3v) is 4.64. The van der Waals surface area contributed by atoms with Crippen LogP contribution >= 0.6 is 0 Å². The molecule has 0 N–H and O–H groups in total. The molecule has 3 nitrogen and oxygen atoms in total. The molecule has 3 aromatic rings. The second-order valence-corrected chi connectivity index (χ2v) is 7.23. The van der Waals surface area contributed by atoms with Crippen molar-refractivity contribution in [1.29, 1.82) is 0 Å². The lowest BCUT2D eigenvalue weighted by Gasteiger charge is -2.05. The first-order valence-corrected chi connectivity index (χ1v) is 9.59. The molecule has 0 amide bonds. The standard InChI is InChI=1S/C26H25NO2/c1-18-5-8-22(9-6-18)17-27-25-13-12-24(16-21(25)4)29-26(28)14-11-23-10-7-19(2)15-20(23)3/h5-17H,1-4H3/b14-11+,27-17+. The van der Waals surface area contributed by atoms with Crippen LogP contribution in [0.1, 0.15) is 33.4 Å². The summed E-state index contributed by atoms with van der Waals surface area (Å²) in [6, 6.07) is 19.7. The number of ether oxygens (including phenoxy) is 1. The van der Waals surface area contributed by atoms with E-state index in [1.807, 2.05) is 63.4 Å². The Kier molecular flexibility index (Phi) is 6.40. The van der Waals surface area contributed by atoms with Gasteiger partial charge in [0.1, 0.15) is 5.75 Å². The van der Waals surface area contributed by atoms with Crippen LogP contribution in [-0.4, -0.2) is 12.2 Å². The van der Waals surface area contributed by atoms with Crippen LogP contribution in [0.2, 0.25) is 0 Å². The highest BCUT2D eigenvalue weighted by Gasteiger charge is 2.04. The number of rotatable bonds is 5. The molecule has 0 fully saturated rings. The molecule has 0 unspecified atom stereocenters. The van der Waals surface area contributed by atoms with E-state index in [1.54, 1.807) is 12.1 Å². The fourth-order valence-corrected chi connectivity index (χ4v) is 2.95. The zero-order valence-electron chi connectivity index (χ0n) is 17.3. The zero-order valence-corrected chi connectivity index (χ0v) is 17.3. The summed E-state index contributed by atoms with van der Waals surface area (Å²) >= 11 is 0. The lowest BCUT2D eigenvalue weighted by Crippen LogP contribution is -2.03. The maximum atomic E-state index is 12.2. The predicted octanol–water partition coefficient (Wildman–Crippen LogP) is 6.29. The number of aliphatic imine (C=N–C) groups is 1. The van der Waals surface area contributed by atoms with Crippen molar-refractivity contribution < 1.29 is 9.53 Å². The SMILES string of the molecule is Cc1ccc(/C=N/c2ccc(OC(=O)/C=C/c3ccc(C)cc3C)cc2C)cc1. The van der Waals surface area contributed by atoms with Crippen LogP contribution in [0, 0.1) is 27.7 Å². The van der Waals surface area contributed by atoms with Crippen LogP contribution in [0.3, 0.4) is 0 Å². The molecule has 0 spiro atoms. The average molecular weight is 383 g/mol. The summed E-state index contributed by atoms with van der Waals surface area (Å²) in [6.07, 6.45) is 5.07. The Morgan fingerprint density at radius 1 is 0.828 bits per heavy atom. The molecule has 0 radical (unpaired) electrons. The Morgan fingerprint density at radius 3 is 2.24 bits per heavy atom. The molecule has 0 aliphatic carbocycles. The number of nitrogens with zero attached hydrogens (tertiary/aromatic N) is 1. The number of benzene rings is 3. The van der Waals surface area contributed by atoms with Gasteiger partial charge in [-0.2, -0.15) is 0 Å². The second kappa shape index (κ2) is 9.16. The van der Waals surface area contributed by atoms with E-state index in [1.165, 1.54) is 17.2 Å². The molecule has 0 aromatic heterocycles. The minimum atomic E-state index is -0.403. The van der Waals surface area contributed by atoms with E-state index in [0.29, 0.717) is 5.75 Å². The molecule has 0 bridgehead atoms. The summed E-state index contributed by atoms with van der Waals surface area (Å²) in [4.78, 5) is 16.7. The van der Waals surface area contributed by atoms with Crippen molar-refractivity contribution in [3.8, 4) is 5.75 Å². The lowest BCUT2D eigenvalue weighted by molar-refractivity contribution is -0.128. The van der Waals surface area contributed by atoms with Gasteiger partial charge in [-0.1, -0.05) is 53.6 Å². The Bertz CT molecular complexity index is 1080. The molecule has 0 heterocycles. The van der Waals surface area contributed by atoms with Crippen LogP contribution in [0.25, 0.3) is 6.08 Å². The molecule has 0 saturated carbocycles. The van der Waals surface area contributed by atoms with E-state index in [2.05, 4.69) is 30.1 Å². The lowest BCUT2D eigenvalue weighted by atomic mass is 10.1. The van der Waals surface area contributed by atoms with Crippen LogP contribution in [0.4, 0.5) is 5.69 Å². The van der Waals surface area contributed by atoms with E-state index in [9.17, 15) is 4.79 Å². The van der Waals surface area contributed by atoms with Crippen molar-refractivity contribution in [3.05, 3.63) is 100 Å². The van der Waals surface area contributed by atoms with Gasteiger partial charge >= 0.3 is 5.97 Å². The molecule has 0 aliphatic heterocycles. The number of hydrogen-bond donors (Lipinski definition) is 0. The third kappa shape index (κ3) is 5.76. The fourth-order valence-electron chi connectivity index (χ4n) is 2.95. The first-order valence-electron chi connectivity index (χ1n) is 9.59. The first-order chi connectivity index (χ1) is 13.9. The Morgan fingerprint density at radius 2 is 1.55 bits per heavy atom. The normalized spacial score (nSPS) is 11.3. The highest BCUT2D eigenvalue weighted by atomic mass is 16.5. The molecule has 29 heavy (non-hydrogen) atoms. The van der Waals surface area contributed by atoms with Crippen molar-refractivity contribution in [2.24, 2.45) is 4.99 Å². The third-order valence-electron chi connectivity index (χ3n) is 4.64. The Hall–Kier alpha value is -3.46. The van der Waals surface area contributed by atoms with Gasteiger partial charge in [0, 0.05) is 12.3 Å². The van der Waals surface area contributed by atoms with Crippen molar-refractivity contribution in [3.63, 3.8) is 0 Å². The van der Waals surface area contributed by atoms with Crippen LogP contribution in [0.15, 0.2) is 71.7 Å². The van der Waals surface area contributed by atoms with Crippen molar-refractivity contribution in [2.45, 2.75) is 27.7 Å². The van der Waals surface area contributed by atoms with Gasteiger partial charge in [0.05, 0.1) is 5.69 Å². The molecular formula is C26H25NO2. The molecule has 3 heteroatoms. The summed E-state index contributed by atoms with van der Waals surface area (Å²) in [5.74, 6) is 0.104. The van der Waals surface area contributed by atoms with Gasteiger partial charge in [-0.25, -0.2) is 4.79 Å². The van der Waals surface area contributed by atoms with Gasteiger partial charge in [0.2, 0.25) is 0 Å². The minimum Gasteiger partial charge on any atom is -0.423 e. The molecular weight excluding hydrogens is 358 g/mol. The summed E-state index contributed by atoms with van der Waals surface area (Å²) < 4.78 is 5.43. The van der Waals surface area contributed by atoms with Crippen LogP contribution in [-0.2, 0) is 4.79 Å². The molecule has 3 aromatic carbocycles. The maximum absolute atomic E-state index is 12.2. The Balaban J connectivity index is 1.65. The number of esters is 1. The maximum Gasteiger partial charge on any atom is 0.336 e. The van der Waals surface area contributed by atoms with E-state index < -0.39 is 5.97 Å². The first kappa shape index (κ1) is 20.3. The van der Waals surface area contributed by atoms with Crippen molar-refractivity contribution >= 4 is 23.9 Å². The fraction of sp³-hybridized carbons (Fsp3) is 0.154. The van der Waals surface area contributed by atoms with Crippen molar-refractivity contribution in [2.75, 3.05) is 0 Å². The topological polar surface area (TPSA) is 38.7 Å². The van der Waals surface area contributed by atoms with Gasteiger partial charge in [-0.15, -0.1) is 0 Å². The number of carbonyl (C=O) groups is 1. The quantitative estimate of drug-likeness (QED) is 0.225. The largest absolute Gasteiger partial charge is 0.423 e. The summed E-state index contributed by atoms with van der Waals surface area (Å²) in [5.41, 5.74) is 7.37. The number of carbonyl (C=O) groups excluding carboxylic acids is 1. The van der Waals surface area contributed by atoms with Gasteiger partial charge in [0.25, 0.3) is 0 Å². The van der Waals surface area contributed by atoms with E-state index in [4.69, 9.17) is 4.74 Å². The van der Waals surface area contributed by atoms with E-state index in [-0.39, 0.29) is 0 Å². The van der Waals surface area contributed by atoms with Crippen LogP contribution in [0.5, 0.6) is 5.75 Å². The summed E-state index contributed by atoms with van der Waals surface area (Å²) in [7, 11) is 0. The van der Waals surface area contributed by atoms with Crippen molar-refractivity contribution in [1.82, 2.24) is 0 Å². The van der Waals surface area contributed by atoms with Gasteiger partial charge in [0.15, 0.2) is 0 Å². The molecule has 0 aliphatic rings. The highest BCUT2D eigenvalue weighted by molar-refractivity contribution is 5.89. The summed E-state index contributed by atoms with van der Waals surface area (Å²) in [5, 5.41) is 0. The molecule has 146 valence electrons. The molecule has 0 saturated heterocycles. The molecule has 3 rings (SSSR count).